The molecular formula is C46H46IrN2OSi-2. The Morgan fingerprint density at radius 3 is 2.29 bits per heavy atom. The summed E-state index contributed by atoms with van der Waals surface area (Å²) >= 11 is 0. The Hall–Kier alpha value is -4.15. The molecule has 4 aromatic carbocycles. The van der Waals surface area contributed by atoms with Crippen LogP contribution in [0.15, 0.2) is 120 Å². The third kappa shape index (κ3) is 8.17. The fourth-order valence-electron chi connectivity index (χ4n) is 7.32. The summed E-state index contributed by atoms with van der Waals surface area (Å²) in [5, 5.41) is 3.78. The van der Waals surface area contributed by atoms with Gasteiger partial charge in [0.1, 0.15) is 5.58 Å². The first-order valence-corrected chi connectivity index (χ1v) is 21.6. The number of hydrogen-bond donors (Lipinski definition) is 0. The van der Waals surface area contributed by atoms with Crippen molar-refractivity contribution < 1.29 is 24.5 Å². The van der Waals surface area contributed by atoms with Crippen LogP contribution in [0.5, 0.6) is 0 Å². The van der Waals surface area contributed by atoms with Gasteiger partial charge in [0.25, 0.3) is 0 Å². The zero-order chi connectivity index (χ0) is 34.7. The van der Waals surface area contributed by atoms with Crippen molar-refractivity contribution in [3.05, 3.63) is 139 Å². The van der Waals surface area contributed by atoms with Crippen LogP contribution in [0.4, 0.5) is 0 Å². The average Bonchev–Trinajstić information content (AvgIpc) is 3.80. The maximum Gasteiger partial charge on any atom is 0.120 e. The average molecular weight is 863 g/mol. The van der Waals surface area contributed by atoms with Crippen molar-refractivity contribution in [3.63, 3.8) is 0 Å². The molecule has 0 bridgehead atoms. The third-order valence-electron chi connectivity index (χ3n) is 10.0. The second-order valence-corrected chi connectivity index (χ2v) is 20.0. The number of benzene rings is 4. The van der Waals surface area contributed by atoms with Crippen molar-refractivity contribution in [3.8, 4) is 33.6 Å². The Morgan fingerprint density at radius 1 is 0.824 bits per heavy atom. The van der Waals surface area contributed by atoms with Gasteiger partial charge in [0.15, 0.2) is 0 Å². The van der Waals surface area contributed by atoms with Gasteiger partial charge >= 0.3 is 0 Å². The number of hydrogen-bond acceptors (Lipinski definition) is 3. The second-order valence-electron chi connectivity index (χ2n) is 15.0. The van der Waals surface area contributed by atoms with E-state index in [2.05, 4.69) is 130 Å². The maximum atomic E-state index is 6.33. The smallest absolute Gasteiger partial charge is 0.120 e. The topological polar surface area (TPSA) is 38.9 Å². The van der Waals surface area contributed by atoms with Crippen molar-refractivity contribution in [1.29, 1.82) is 0 Å². The molecular weight excluding hydrogens is 817 g/mol. The van der Waals surface area contributed by atoms with Gasteiger partial charge in [-0.25, -0.2) is 0 Å². The van der Waals surface area contributed by atoms with E-state index in [9.17, 15) is 0 Å². The van der Waals surface area contributed by atoms with Crippen molar-refractivity contribution >= 4 is 35.2 Å². The molecule has 3 aromatic heterocycles. The van der Waals surface area contributed by atoms with Crippen molar-refractivity contribution in [2.24, 2.45) is 5.92 Å². The summed E-state index contributed by atoms with van der Waals surface area (Å²) in [5.41, 5.74) is 10.8. The number of nitrogens with zero attached hydrogens (tertiary/aromatic N) is 2. The van der Waals surface area contributed by atoms with Crippen molar-refractivity contribution in [2.45, 2.75) is 71.5 Å². The second kappa shape index (κ2) is 16.0. The quantitative estimate of drug-likeness (QED) is 0.118. The van der Waals surface area contributed by atoms with Gasteiger partial charge in [0.05, 0.1) is 13.7 Å². The number of furan rings is 1. The van der Waals surface area contributed by atoms with E-state index in [1.54, 1.807) is 10.8 Å². The number of pyridine rings is 2. The normalized spacial score (nSPS) is 13.3. The molecule has 1 fully saturated rings. The fourth-order valence-corrected chi connectivity index (χ4v) is 8.91. The van der Waals surface area contributed by atoms with E-state index in [1.165, 1.54) is 37.7 Å². The zero-order valence-corrected chi connectivity index (χ0v) is 33.7. The number of para-hydroxylation sites is 1. The number of rotatable bonds is 7. The summed E-state index contributed by atoms with van der Waals surface area (Å²) in [5.74, 6) is 1.32. The minimum absolute atomic E-state index is 0. The predicted octanol–water partition coefficient (Wildman–Crippen LogP) is 12.1. The van der Waals surface area contributed by atoms with Crippen LogP contribution in [0.2, 0.25) is 19.6 Å². The standard InChI is InChI=1S/C26H20NO.C20H26NSi.Ir/c1-17(2)19-14-15-27-23(16-19)21-13-12-20(18-8-4-3-5-9-18)25-22-10-6-7-11-24(22)28-26(21)25;1-22(2,3)20-15-21-19(17-11-5-4-6-12-17)14-18(20)13-16-9-7-8-10-16;/h3-12,14-17H,1-2H3;4-6,11,14-16H,7-10,13H2,1-3H3;/q2*-1;. The van der Waals surface area contributed by atoms with E-state index in [4.69, 9.17) is 9.40 Å². The minimum Gasteiger partial charge on any atom is -0.501 e. The Kier molecular flexibility index (Phi) is 11.5. The monoisotopic (exact) mass is 863 g/mol. The van der Waals surface area contributed by atoms with Gasteiger partial charge in [-0.1, -0.05) is 148 Å². The van der Waals surface area contributed by atoms with Crippen LogP contribution in [0, 0.1) is 18.1 Å². The van der Waals surface area contributed by atoms with Crippen LogP contribution in [0.25, 0.3) is 55.6 Å². The molecule has 7 aromatic rings. The summed E-state index contributed by atoms with van der Waals surface area (Å²) in [7, 11) is -1.35. The van der Waals surface area contributed by atoms with E-state index in [1.807, 2.05) is 36.5 Å². The van der Waals surface area contributed by atoms with Crippen molar-refractivity contribution in [2.75, 3.05) is 0 Å². The molecule has 3 nitrogen and oxygen atoms in total. The molecule has 5 heteroatoms. The van der Waals surface area contributed by atoms with Gasteiger partial charge in [0, 0.05) is 37.9 Å². The summed E-state index contributed by atoms with van der Waals surface area (Å²) in [4.78, 5) is 9.38. The van der Waals surface area contributed by atoms with Crippen LogP contribution >= 0.6 is 0 Å². The Balaban J connectivity index is 0.000000178. The Labute approximate surface area is 317 Å². The molecule has 3 heterocycles. The van der Waals surface area contributed by atoms with E-state index in [0.717, 1.165) is 61.5 Å². The molecule has 1 saturated carbocycles. The first-order valence-electron chi connectivity index (χ1n) is 18.1. The van der Waals surface area contributed by atoms with Crippen LogP contribution in [0.3, 0.4) is 0 Å². The van der Waals surface area contributed by atoms with Crippen LogP contribution in [-0.2, 0) is 26.5 Å². The summed E-state index contributed by atoms with van der Waals surface area (Å²) in [6.45, 7) is 11.7. The van der Waals surface area contributed by atoms with Gasteiger partial charge in [-0.2, -0.15) is 0 Å². The fraction of sp³-hybridized carbons (Fsp3) is 0.261. The van der Waals surface area contributed by atoms with E-state index < -0.39 is 8.07 Å². The van der Waals surface area contributed by atoms with E-state index in [0.29, 0.717) is 5.92 Å². The summed E-state index contributed by atoms with van der Waals surface area (Å²) in [6.07, 6.45) is 10.9. The van der Waals surface area contributed by atoms with E-state index in [-0.39, 0.29) is 20.1 Å². The molecule has 0 atom stereocenters. The Morgan fingerprint density at radius 2 is 1.57 bits per heavy atom. The number of aromatic nitrogens is 2. The maximum absolute atomic E-state index is 6.33. The van der Waals surface area contributed by atoms with Gasteiger partial charge in [-0.15, -0.1) is 48.0 Å². The molecule has 8 rings (SSSR count). The molecule has 0 amide bonds. The van der Waals surface area contributed by atoms with Gasteiger partial charge < -0.3 is 14.4 Å². The summed E-state index contributed by atoms with van der Waals surface area (Å²) < 4.78 is 6.33. The van der Waals surface area contributed by atoms with Crippen LogP contribution < -0.4 is 5.19 Å². The van der Waals surface area contributed by atoms with Crippen LogP contribution in [-0.4, -0.2) is 18.0 Å². The van der Waals surface area contributed by atoms with Crippen molar-refractivity contribution in [1.82, 2.24) is 9.97 Å². The molecule has 0 aliphatic heterocycles. The Bertz CT molecular complexity index is 2210. The molecule has 0 saturated heterocycles. The van der Waals surface area contributed by atoms with Gasteiger partial charge in [-0.3, -0.25) is 0 Å². The first kappa shape index (κ1) is 36.6. The zero-order valence-electron chi connectivity index (χ0n) is 30.3. The molecule has 1 aliphatic carbocycles. The molecule has 0 unspecified atom stereocenters. The molecule has 0 spiro atoms. The largest absolute Gasteiger partial charge is 0.501 e. The molecule has 1 radical (unpaired) electrons. The first-order chi connectivity index (χ1) is 24.3. The summed E-state index contributed by atoms with van der Waals surface area (Å²) in [6, 6.07) is 42.2. The van der Waals surface area contributed by atoms with Gasteiger partial charge in [-0.05, 0) is 52.4 Å². The molecule has 1 aliphatic rings. The molecule has 0 N–H and O–H groups in total. The molecule has 261 valence electrons. The minimum atomic E-state index is -1.35. The predicted molar refractivity (Wildman–Crippen MR) is 212 cm³/mol. The molecule has 51 heavy (non-hydrogen) atoms. The van der Waals surface area contributed by atoms with Gasteiger partial charge in [0.2, 0.25) is 0 Å². The third-order valence-corrected chi connectivity index (χ3v) is 12.1. The van der Waals surface area contributed by atoms with E-state index >= 15 is 0 Å². The SMILES string of the molecule is CC(C)c1ccnc(-c2[c-]cc(-c3ccccc3)c3c2oc2ccccc23)c1.C[Si](C)(C)c1cnc(-c2[c-]cccc2)cc1CC1CCCC1.[Ir]. The number of fused-ring (bicyclic) bond motifs is 3. The van der Waals surface area contributed by atoms with Crippen LogP contribution in [0.1, 0.15) is 56.6 Å².